The van der Waals surface area contributed by atoms with E-state index in [1.54, 1.807) is 0 Å². The lowest BCUT2D eigenvalue weighted by atomic mass is 9.49. The van der Waals surface area contributed by atoms with Gasteiger partial charge in [0.1, 0.15) is 5.25 Å². The van der Waals surface area contributed by atoms with Crippen molar-refractivity contribution in [1.29, 1.82) is 0 Å². The SMILES string of the molecule is O=C(CC(S)C(=O)O)NCCC12CC3CC(CC(C3)C1)C2. The Morgan fingerprint density at radius 3 is 2.14 bits per heavy atom. The second-order valence-corrected chi connectivity index (χ2v) is 8.20. The van der Waals surface area contributed by atoms with Gasteiger partial charge >= 0.3 is 5.97 Å². The van der Waals surface area contributed by atoms with Crippen LogP contribution in [-0.2, 0) is 9.59 Å². The van der Waals surface area contributed by atoms with Crippen molar-refractivity contribution in [3.05, 3.63) is 0 Å². The summed E-state index contributed by atoms with van der Waals surface area (Å²) in [5, 5.41) is 10.7. The van der Waals surface area contributed by atoms with Gasteiger partial charge in [-0.25, -0.2) is 0 Å². The lowest BCUT2D eigenvalue weighted by Crippen LogP contribution is -2.47. The molecule has 1 atom stereocenters. The molecule has 4 aliphatic rings. The number of aliphatic carboxylic acids is 1. The van der Waals surface area contributed by atoms with Crippen molar-refractivity contribution in [2.24, 2.45) is 23.2 Å². The first kappa shape index (κ1) is 15.2. The Bertz CT molecular complexity index is 402. The molecule has 4 nitrogen and oxygen atoms in total. The van der Waals surface area contributed by atoms with Gasteiger partial charge in [-0.15, -0.1) is 0 Å². The van der Waals surface area contributed by atoms with Crippen molar-refractivity contribution in [1.82, 2.24) is 5.32 Å². The van der Waals surface area contributed by atoms with E-state index in [9.17, 15) is 9.59 Å². The molecule has 2 N–H and O–H groups in total. The number of carboxylic acids is 1. The molecule has 0 radical (unpaired) electrons. The average molecular weight is 311 g/mol. The van der Waals surface area contributed by atoms with E-state index < -0.39 is 11.2 Å². The summed E-state index contributed by atoms with van der Waals surface area (Å²) < 4.78 is 0. The normalized spacial score (nSPS) is 38.2. The highest BCUT2D eigenvalue weighted by Gasteiger charge is 2.50. The fourth-order valence-electron chi connectivity index (χ4n) is 5.40. The van der Waals surface area contributed by atoms with Crippen LogP contribution in [0.25, 0.3) is 0 Å². The van der Waals surface area contributed by atoms with Gasteiger partial charge < -0.3 is 10.4 Å². The maximum Gasteiger partial charge on any atom is 0.316 e. The Morgan fingerprint density at radius 1 is 1.14 bits per heavy atom. The van der Waals surface area contributed by atoms with Gasteiger partial charge in [0.15, 0.2) is 0 Å². The fraction of sp³-hybridized carbons (Fsp3) is 0.875. The Balaban J connectivity index is 1.45. The predicted molar refractivity (Wildman–Crippen MR) is 83.3 cm³/mol. The van der Waals surface area contributed by atoms with Crippen LogP contribution in [0.5, 0.6) is 0 Å². The number of hydrogen-bond donors (Lipinski definition) is 3. The van der Waals surface area contributed by atoms with Crippen LogP contribution in [0.15, 0.2) is 0 Å². The predicted octanol–water partition coefficient (Wildman–Crippen LogP) is 2.48. The second-order valence-electron chi connectivity index (χ2n) is 7.58. The van der Waals surface area contributed by atoms with Crippen molar-refractivity contribution in [2.45, 2.75) is 56.6 Å². The van der Waals surface area contributed by atoms with Crippen LogP contribution < -0.4 is 5.32 Å². The minimum absolute atomic E-state index is 0.0423. The van der Waals surface area contributed by atoms with Gasteiger partial charge in [0.2, 0.25) is 5.91 Å². The zero-order chi connectivity index (χ0) is 15.0. The largest absolute Gasteiger partial charge is 0.480 e. The molecule has 4 bridgehead atoms. The quantitative estimate of drug-likeness (QED) is 0.660. The summed E-state index contributed by atoms with van der Waals surface area (Å²) in [5.41, 5.74) is 0.467. The molecule has 1 unspecified atom stereocenters. The lowest BCUT2D eigenvalue weighted by Gasteiger charge is -2.57. The first-order valence-electron chi connectivity index (χ1n) is 8.13. The van der Waals surface area contributed by atoms with Gasteiger partial charge in [-0.05, 0) is 68.1 Å². The lowest BCUT2D eigenvalue weighted by molar-refractivity contribution is -0.138. The van der Waals surface area contributed by atoms with E-state index in [1.807, 2.05) is 0 Å². The number of thiol groups is 1. The van der Waals surface area contributed by atoms with E-state index in [-0.39, 0.29) is 12.3 Å². The molecule has 1 amide bonds. The summed E-state index contributed by atoms with van der Waals surface area (Å²) in [6.07, 6.45) is 9.37. The maximum absolute atomic E-state index is 11.7. The third kappa shape index (κ3) is 3.38. The zero-order valence-corrected chi connectivity index (χ0v) is 13.3. The molecule has 0 saturated heterocycles. The van der Waals surface area contributed by atoms with Crippen LogP contribution in [0.3, 0.4) is 0 Å². The van der Waals surface area contributed by atoms with Crippen molar-refractivity contribution in [3.8, 4) is 0 Å². The second kappa shape index (κ2) is 5.82. The third-order valence-electron chi connectivity index (χ3n) is 5.81. The molecular weight excluding hydrogens is 286 g/mol. The van der Waals surface area contributed by atoms with E-state index in [1.165, 1.54) is 38.5 Å². The molecule has 4 aliphatic carbocycles. The van der Waals surface area contributed by atoms with Crippen LogP contribution in [0.4, 0.5) is 0 Å². The average Bonchev–Trinajstić information content (AvgIpc) is 2.36. The minimum atomic E-state index is -1.03. The Labute approximate surface area is 131 Å². The summed E-state index contributed by atoms with van der Waals surface area (Å²) >= 11 is 3.90. The fourth-order valence-corrected chi connectivity index (χ4v) is 5.56. The highest BCUT2D eigenvalue weighted by atomic mass is 32.1. The van der Waals surface area contributed by atoms with E-state index in [0.717, 1.165) is 24.2 Å². The van der Waals surface area contributed by atoms with Gasteiger partial charge in [-0.3, -0.25) is 9.59 Å². The molecule has 118 valence electrons. The highest BCUT2D eigenvalue weighted by Crippen LogP contribution is 2.61. The molecule has 0 heterocycles. The summed E-state index contributed by atoms with van der Waals surface area (Å²) in [6, 6.07) is 0. The van der Waals surface area contributed by atoms with Crippen molar-refractivity contribution >= 4 is 24.5 Å². The first-order valence-corrected chi connectivity index (χ1v) is 8.65. The Kier molecular flexibility index (Phi) is 4.21. The topological polar surface area (TPSA) is 66.4 Å². The van der Waals surface area contributed by atoms with Gasteiger partial charge in [0.05, 0.1) is 0 Å². The third-order valence-corrected chi connectivity index (χ3v) is 6.21. The molecule has 4 fully saturated rings. The van der Waals surface area contributed by atoms with Crippen LogP contribution in [0.2, 0.25) is 0 Å². The van der Waals surface area contributed by atoms with E-state index in [0.29, 0.717) is 12.0 Å². The molecule has 0 aromatic rings. The molecule has 0 aromatic carbocycles. The summed E-state index contributed by atoms with van der Waals surface area (Å²) in [4.78, 5) is 22.4. The summed E-state index contributed by atoms with van der Waals surface area (Å²) in [7, 11) is 0. The van der Waals surface area contributed by atoms with Crippen molar-refractivity contribution < 1.29 is 14.7 Å². The Morgan fingerprint density at radius 2 is 1.67 bits per heavy atom. The first-order chi connectivity index (χ1) is 9.96. The number of carbonyl (C=O) groups is 2. The van der Waals surface area contributed by atoms with E-state index in [2.05, 4.69) is 17.9 Å². The van der Waals surface area contributed by atoms with E-state index >= 15 is 0 Å². The molecule has 0 aliphatic heterocycles. The number of amides is 1. The van der Waals surface area contributed by atoms with Gasteiger partial charge in [-0.2, -0.15) is 12.6 Å². The van der Waals surface area contributed by atoms with Crippen LogP contribution >= 0.6 is 12.6 Å². The number of rotatable bonds is 6. The molecule has 4 rings (SSSR count). The van der Waals surface area contributed by atoms with Crippen molar-refractivity contribution in [2.75, 3.05) is 6.54 Å². The Hall–Kier alpha value is -0.710. The van der Waals surface area contributed by atoms with Crippen LogP contribution in [0.1, 0.15) is 51.4 Å². The molecule has 4 saturated carbocycles. The zero-order valence-electron chi connectivity index (χ0n) is 12.4. The molecule has 5 heteroatoms. The van der Waals surface area contributed by atoms with Gasteiger partial charge in [0.25, 0.3) is 0 Å². The number of nitrogens with one attached hydrogen (secondary N) is 1. The molecule has 0 spiro atoms. The van der Waals surface area contributed by atoms with Crippen LogP contribution in [0, 0.1) is 23.2 Å². The van der Waals surface area contributed by atoms with Gasteiger partial charge in [-0.1, -0.05) is 0 Å². The van der Waals surface area contributed by atoms with E-state index in [4.69, 9.17) is 5.11 Å². The smallest absolute Gasteiger partial charge is 0.316 e. The standard InChI is InChI=1S/C16H25NO3S/c18-14(6-13(21)15(19)20)17-2-1-16-7-10-3-11(8-16)5-12(4-10)9-16/h10-13,21H,1-9H2,(H,17,18)(H,19,20). The number of carbonyl (C=O) groups excluding carboxylic acids is 1. The molecular formula is C16H25NO3S. The molecule has 0 aromatic heterocycles. The summed E-state index contributed by atoms with van der Waals surface area (Å²) in [5.74, 6) is 1.57. The number of hydrogen-bond acceptors (Lipinski definition) is 3. The summed E-state index contributed by atoms with van der Waals surface area (Å²) in [6.45, 7) is 0.686. The molecule has 21 heavy (non-hydrogen) atoms. The monoisotopic (exact) mass is 311 g/mol. The van der Waals surface area contributed by atoms with Crippen molar-refractivity contribution in [3.63, 3.8) is 0 Å². The maximum atomic E-state index is 11.7. The number of carboxylic acid groups (broad SMARTS) is 1. The minimum Gasteiger partial charge on any atom is -0.480 e. The van der Waals surface area contributed by atoms with Crippen LogP contribution in [-0.4, -0.2) is 28.8 Å². The highest BCUT2D eigenvalue weighted by molar-refractivity contribution is 7.81. The van der Waals surface area contributed by atoms with Gasteiger partial charge in [0, 0.05) is 13.0 Å².